The normalized spacial score (nSPS) is 16.4. The van der Waals surface area contributed by atoms with Gasteiger partial charge in [-0.05, 0) is 43.7 Å². The van der Waals surface area contributed by atoms with Crippen LogP contribution in [0.25, 0.3) is 0 Å². The third-order valence-electron chi connectivity index (χ3n) is 3.15. The van der Waals surface area contributed by atoms with Crippen molar-refractivity contribution in [2.45, 2.75) is 44.4 Å². The number of hydrogen-bond donors (Lipinski definition) is 1. The second-order valence-corrected chi connectivity index (χ2v) is 6.24. The number of fused-ring (bicyclic) bond motifs is 1. The highest BCUT2D eigenvalue weighted by Crippen LogP contribution is 2.29. The zero-order valence-corrected chi connectivity index (χ0v) is 11.7. The first-order valence-corrected chi connectivity index (χ1v) is 7.50. The van der Waals surface area contributed by atoms with Crippen molar-refractivity contribution >= 4 is 28.8 Å². The van der Waals surface area contributed by atoms with E-state index in [1.807, 2.05) is 6.92 Å². The molecule has 2 rings (SSSR count). The number of thiophene rings is 1. The molecule has 0 aromatic carbocycles. The molecule has 0 radical (unpaired) electrons. The molecule has 0 bridgehead atoms. The molecule has 1 aliphatic carbocycles. The molecule has 1 amide bonds. The average Bonchev–Trinajstić information content (AvgIpc) is 2.79. The summed E-state index contributed by atoms with van der Waals surface area (Å²) in [4.78, 5) is 14.2. The lowest BCUT2D eigenvalue weighted by atomic mass is 9.99. The Morgan fingerprint density at radius 1 is 1.53 bits per heavy atom. The Labute approximate surface area is 111 Å². The molecule has 1 aromatic rings. The van der Waals surface area contributed by atoms with Crippen molar-refractivity contribution in [3.8, 4) is 0 Å². The molecule has 0 fully saturated rings. The number of alkyl halides is 1. The lowest BCUT2D eigenvalue weighted by Gasteiger charge is -2.08. The van der Waals surface area contributed by atoms with Gasteiger partial charge in [0.2, 0.25) is 0 Å². The second kappa shape index (κ2) is 5.87. The molecule has 0 spiro atoms. The van der Waals surface area contributed by atoms with Gasteiger partial charge >= 0.3 is 0 Å². The number of halogens is 1. The van der Waals surface area contributed by atoms with E-state index < -0.39 is 0 Å². The summed E-state index contributed by atoms with van der Waals surface area (Å²) in [5.74, 6) is 0.0310. The van der Waals surface area contributed by atoms with Crippen LogP contribution in [0.1, 0.15) is 46.3 Å². The molecule has 17 heavy (non-hydrogen) atoms. The molecule has 0 saturated heterocycles. The highest BCUT2D eigenvalue weighted by molar-refractivity contribution is 7.14. The Morgan fingerprint density at radius 2 is 2.29 bits per heavy atom. The van der Waals surface area contributed by atoms with Gasteiger partial charge in [-0.15, -0.1) is 22.9 Å². The summed E-state index contributed by atoms with van der Waals surface area (Å²) in [5, 5.41) is 2.93. The highest BCUT2D eigenvalue weighted by atomic mass is 35.5. The lowest BCUT2D eigenvalue weighted by molar-refractivity contribution is 0.0957. The summed E-state index contributed by atoms with van der Waals surface area (Å²) in [5.41, 5.74) is 1.38. The van der Waals surface area contributed by atoms with Gasteiger partial charge in [-0.2, -0.15) is 0 Å². The summed E-state index contributed by atoms with van der Waals surface area (Å²) < 4.78 is 0. The van der Waals surface area contributed by atoms with E-state index in [4.69, 9.17) is 11.6 Å². The van der Waals surface area contributed by atoms with E-state index in [-0.39, 0.29) is 11.3 Å². The molecule has 1 N–H and O–H groups in total. The number of carbonyl (C=O) groups is 1. The van der Waals surface area contributed by atoms with E-state index in [9.17, 15) is 4.79 Å². The molecule has 4 heteroatoms. The zero-order valence-electron chi connectivity index (χ0n) is 10.1. The lowest BCUT2D eigenvalue weighted by Crippen LogP contribution is -2.28. The SMILES string of the molecule is CCC(Cl)CNC(=O)c1cc2c(s1)CCCC2. The maximum Gasteiger partial charge on any atom is 0.261 e. The number of nitrogens with one attached hydrogen (secondary N) is 1. The number of hydrogen-bond acceptors (Lipinski definition) is 2. The fourth-order valence-electron chi connectivity index (χ4n) is 2.04. The molecule has 2 nitrogen and oxygen atoms in total. The smallest absolute Gasteiger partial charge is 0.261 e. The van der Waals surface area contributed by atoms with Gasteiger partial charge in [0.1, 0.15) is 0 Å². The summed E-state index contributed by atoms with van der Waals surface area (Å²) in [7, 11) is 0. The van der Waals surface area contributed by atoms with Crippen molar-refractivity contribution in [2.24, 2.45) is 0 Å². The molecule has 94 valence electrons. The van der Waals surface area contributed by atoms with Gasteiger partial charge in [0.05, 0.1) is 10.3 Å². The summed E-state index contributed by atoms with van der Waals surface area (Å²) in [6.07, 6.45) is 5.66. The van der Waals surface area contributed by atoms with Crippen molar-refractivity contribution in [2.75, 3.05) is 6.54 Å². The van der Waals surface area contributed by atoms with Gasteiger partial charge < -0.3 is 5.32 Å². The highest BCUT2D eigenvalue weighted by Gasteiger charge is 2.17. The van der Waals surface area contributed by atoms with E-state index in [1.54, 1.807) is 11.3 Å². The van der Waals surface area contributed by atoms with Gasteiger partial charge in [0, 0.05) is 11.4 Å². The van der Waals surface area contributed by atoms with Crippen LogP contribution >= 0.6 is 22.9 Å². The first-order valence-electron chi connectivity index (χ1n) is 6.24. The molecular formula is C13H18ClNOS. The largest absolute Gasteiger partial charge is 0.350 e. The maximum absolute atomic E-state index is 11.9. The Balaban J connectivity index is 1.97. The van der Waals surface area contributed by atoms with Gasteiger partial charge in [-0.25, -0.2) is 0 Å². The van der Waals surface area contributed by atoms with Gasteiger partial charge in [-0.1, -0.05) is 6.92 Å². The van der Waals surface area contributed by atoms with Crippen molar-refractivity contribution in [3.63, 3.8) is 0 Å². The van der Waals surface area contributed by atoms with Crippen LogP contribution in [0, 0.1) is 0 Å². The molecular weight excluding hydrogens is 254 g/mol. The van der Waals surface area contributed by atoms with Crippen LogP contribution in [0.3, 0.4) is 0 Å². The minimum absolute atomic E-state index is 0.0310. The van der Waals surface area contributed by atoms with Gasteiger partial charge in [-0.3, -0.25) is 4.79 Å². The van der Waals surface area contributed by atoms with E-state index in [0.29, 0.717) is 6.54 Å². The maximum atomic E-state index is 11.9. The van der Waals surface area contributed by atoms with Crippen LogP contribution < -0.4 is 5.32 Å². The van der Waals surface area contributed by atoms with E-state index >= 15 is 0 Å². The van der Waals surface area contributed by atoms with Crippen molar-refractivity contribution in [3.05, 3.63) is 21.4 Å². The third-order valence-corrected chi connectivity index (χ3v) is 4.85. The van der Waals surface area contributed by atoms with Crippen LogP contribution in [0.2, 0.25) is 0 Å². The Hall–Kier alpha value is -0.540. The quantitative estimate of drug-likeness (QED) is 0.836. The fourth-order valence-corrected chi connectivity index (χ4v) is 3.28. The topological polar surface area (TPSA) is 29.1 Å². The van der Waals surface area contributed by atoms with Gasteiger partial charge in [0.15, 0.2) is 0 Å². The van der Waals surface area contributed by atoms with Crippen LogP contribution in [0.4, 0.5) is 0 Å². The zero-order chi connectivity index (χ0) is 12.3. The summed E-state index contributed by atoms with van der Waals surface area (Å²) >= 11 is 7.63. The predicted molar refractivity (Wildman–Crippen MR) is 73.2 cm³/mol. The molecule has 1 aromatic heterocycles. The summed E-state index contributed by atoms with van der Waals surface area (Å²) in [6, 6.07) is 2.06. The first kappa shape index (κ1) is 12.9. The van der Waals surface area contributed by atoms with Crippen molar-refractivity contribution in [1.82, 2.24) is 5.32 Å². The Morgan fingerprint density at radius 3 is 3.00 bits per heavy atom. The number of carbonyl (C=O) groups excluding carboxylic acids is 1. The minimum atomic E-state index is 0.0310. The van der Waals surface area contributed by atoms with Crippen LogP contribution in [0.15, 0.2) is 6.07 Å². The standard InChI is InChI=1S/C13H18ClNOS/c1-2-10(14)8-15-13(16)12-7-9-5-3-4-6-11(9)17-12/h7,10H,2-6,8H2,1H3,(H,15,16). The molecule has 1 unspecified atom stereocenters. The molecule has 1 heterocycles. The average molecular weight is 272 g/mol. The summed E-state index contributed by atoms with van der Waals surface area (Å²) in [6.45, 7) is 2.58. The van der Waals surface area contributed by atoms with Crippen LogP contribution in [0.5, 0.6) is 0 Å². The van der Waals surface area contributed by atoms with E-state index in [0.717, 1.165) is 24.1 Å². The van der Waals surface area contributed by atoms with Crippen LogP contribution in [-0.2, 0) is 12.8 Å². The third kappa shape index (κ3) is 3.23. The molecule has 0 aliphatic heterocycles. The molecule has 1 atom stereocenters. The number of aryl methyl sites for hydroxylation is 2. The number of amides is 1. The first-order chi connectivity index (χ1) is 8.20. The van der Waals surface area contributed by atoms with E-state index in [2.05, 4.69) is 11.4 Å². The van der Waals surface area contributed by atoms with Gasteiger partial charge in [0.25, 0.3) is 5.91 Å². The predicted octanol–water partition coefficient (Wildman–Crippen LogP) is 3.37. The second-order valence-electron chi connectivity index (χ2n) is 4.48. The Bertz CT molecular complexity index is 379. The van der Waals surface area contributed by atoms with Crippen LogP contribution in [-0.4, -0.2) is 17.8 Å². The minimum Gasteiger partial charge on any atom is -0.350 e. The monoisotopic (exact) mass is 271 g/mol. The molecule has 1 aliphatic rings. The molecule has 0 saturated carbocycles. The van der Waals surface area contributed by atoms with Crippen molar-refractivity contribution in [1.29, 1.82) is 0 Å². The van der Waals surface area contributed by atoms with E-state index in [1.165, 1.54) is 23.3 Å². The fraction of sp³-hybridized carbons (Fsp3) is 0.615. The number of rotatable bonds is 4. The Kier molecular flexibility index (Phi) is 4.46. The van der Waals surface area contributed by atoms with Crippen molar-refractivity contribution < 1.29 is 4.79 Å².